The molecule has 0 bridgehead atoms. The number of anilines is 1. The van der Waals surface area contributed by atoms with Crippen LogP contribution in [0.2, 0.25) is 0 Å². The van der Waals surface area contributed by atoms with E-state index in [-0.39, 0.29) is 0 Å². The van der Waals surface area contributed by atoms with E-state index in [1.165, 1.54) is 19.3 Å². The zero-order valence-corrected chi connectivity index (χ0v) is 10.7. The highest BCUT2D eigenvalue weighted by Crippen LogP contribution is 2.22. The highest BCUT2D eigenvalue weighted by Gasteiger charge is 2.19. The van der Waals surface area contributed by atoms with E-state index < -0.39 is 0 Å². The molecule has 1 aliphatic rings. The minimum Gasteiger partial charge on any atom is -0.355 e. The number of nitrogens with zero attached hydrogens (tertiary/aromatic N) is 4. The first kappa shape index (κ1) is 11.5. The quantitative estimate of drug-likeness (QED) is 0.866. The molecule has 0 spiro atoms. The first-order chi connectivity index (χ1) is 8.86. The van der Waals surface area contributed by atoms with E-state index in [1.807, 2.05) is 29.2 Å². The molecular weight excluding hydrogens is 226 g/mol. The fourth-order valence-electron chi connectivity index (χ4n) is 2.68. The largest absolute Gasteiger partial charge is 0.355 e. The Bertz CT molecular complexity index is 513. The average molecular weight is 245 g/mol. The van der Waals surface area contributed by atoms with Gasteiger partial charge in [0.1, 0.15) is 5.52 Å². The fourth-order valence-corrected chi connectivity index (χ4v) is 2.68. The van der Waals surface area contributed by atoms with Gasteiger partial charge in [0.05, 0.1) is 6.20 Å². The summed E-state index contributed by atoms with van der Waals surface area (Å²) in [4.78, 5) is 6.84. The molecule has 96 valence electrons. The summed E-state index contributed by atoms with van der Waals surface area (Å²) in [6, 6.07) is 2.59. The second-order valence-corrected chi connectivity index (χ2v) is 4.86. The number of hydrogen-bond acceptors (Lipinski definition) is 4. The van der Waals surface area contributed by atoms with Gasteiger partial charge in [-0.1, -0.05) is 0 Å². The highest BCUT2D eigenvalue weighted by molar-refractivity contribution is 5.68. The average Bonchev–Trinajstić information content (AvgIpc) is 2.71. The Morgan fingerprint density at radius 1 is 1.33 bits per heavy atom. The van der Waals surface area contributed by atoms with Crippen molar-refractivity contribution < 1.29 is 0 Å². The van der Waals surface area contributed by atoms with Crippen molar-refractivity contribution >= 4 is 11.3 Å². The van der Waals surface area contributed by atoms with Crippen molar-refractivity contribution in [1.82, 2.24) is 19.9 Å². The third-order valence-electron chi connectivity index (χ3n) is 3.73. The van der Waals surface area contributed by atoms with Crippen LogP contribution in [0.3, 0.4) is 0 Å². The van der Waals surface area contributed by atoms with Crippen LogP contribution in [0.5, 0.6) is 0 Å². The molecule has 18 heavy (non-hydrogen) atoms. The maximum Gasteiger partial charge on any atom is 0.154 e. The van der Waals surface area contributed by atoms with E-state index in [2.05, 4.69) is 27.3 Å². The van der Waals surface area contributed by atoms with Crippen LogP contribution >= 0.6 is 0 Å². The monoisotopic (exact) mass is 245 g/mol. The Morgan fingerprint density at radius 2 is 2.28 bits per heavy atom. The summed E-state index contributed by atoms with van der Waals surface area (Å²) in [6.07, 6.45) is 9.16. The molecule has 2 aromatic rings. The minimum atomic E-state index is 0.564. The van der Waals surface area contributed by atoms with Gasteiger partial charge in [-0.25, -0.2) is 9.50 Å². The van der Waals surface area contributed by atoms with Gasteiger partial charge in [-0.05, 0) is 38.4 Å². The van der Waals surface area contributed by atoms with Gasteiger partial charge in [0.2, 0.25) is 0 Å². The smallest absolute Gasteiger partial charge is 0.154 e. The van der Waals surface area contributed by atoms with Crippen LogP contribution in [-0.4, -0.2) is 40.8 Å². The zero-order chi connectivity index (χ0) is 12.4. The molecule has 1 aliphatic heterocycles. The van der Waals surface area contributed by atoms with E-state index in [9.17, 15) is 0 Å². The summed E-state index contributed by atoms with van der Waals surface area (Å²) in [6.45, 7) is 2.23. The van der Waals surface area contributed by atoms with Gasteiger partial charge in [-0.3, -0.25) is 0 Å². The van der Waals surface area contributed by atoms with Crippen LogP contribution in [0.1, 0.15) is 19.3 Å². The summed E-state index contributed by atoms with van der Waals surface area (Å²) in [5.74, 6) is 1.03. The summed E-state index contributed by atoms with van der Waals surface area (Å²) in [5.41, 5.74) is 1.08. The molecule has 0 amide bonds. The molecule has 5 heteroatoms. The first-order valence-corrected chi connectivity index (χ1v) is 6.58. The lowest BCUT2D eigenvalue weighted by molar-refractivity contribution is 0.563. The predicted molar refractivity (Wildman–Crippen MR) is 71.9 cm³/mol. The van der Waals surface area contributed by atoms with Crippen LogP contribution in [0.25, 0.3) is 5.52 Å². The van der Waals surface area contributed by atoms with Gasteiger partial charge >= 0.3 is 0 Å². The van der Waals surface area contributed by atoms with Crippen molar-refractivity contribution in [1.29, 1.82) is 0 Å². The molecule has 1 atom stereocenters. The lowest BCUT2D eigenvalue weighted by Crippen LogP contribution is -2.33. The molecule has 3 heterocycles. The number of hydrogen-bond donors (Lipinski definition) is 1. The molecule has 0 aromatic carbocycles. The number of rotatable bonds is 2. The van der Waals surface area contributed by atoms with E-state index in [0.29, 0.717) is 6.04 Å². The molecule has 2 aromatic heterocycles. The summed E-state index contributed by atoms with van der Waals surface area (Å²) in [5, 5.41) is 7.71. The maximum absolute atomic E-state index is 4.53. The molecule has 0 saturated carbocycles. The van der Waals surface area contributed by atoms with Crippen LogP contribution in [-0.2, 0) is 0 Å². The summed E-state index contributed by atoms with van der Waals surface area (Å²) >= 11 is 0. The van der Waals surface area contributed by atoms with Crippen molar-refractivity contribution in [3.05, 3.63) is 24.7 Å². The van der Waals surface area contributed by atoms with E-state index in [0.717, 1.165) is 24.4 Å². The molecular formula is C13H19N5. The SMILES string of the molecule is CN(c1nccn2nccc12)C1CCCNCC1. The maximum atomic E-state index is 4.53. The normalized spacial score (nSPS) is 20.8. The Morgan fingerprint density at radius 3 is 3.22 bits per heavy atom. The summed E-state index contributed by atoms with van der Waals surface area (Å²) < 4.78 is 1.88. The molecule has 3 rings (SSSR count). The Labute approximate surface area is 107 Å². The second kappa shape index (κ2) is 4.94. The number of fused-ring (bicyclic) bond motifs is 1. The van der Waals surface area contributed by atoms with Crippen LogP contribution in [0.4, 0.5) is 5.82 Å². The molecule has 0 radical (unpaired) electrons. The van der Waals surface area contributed by atoms with Crippen LogP contribution < -0.4 is 10.2 Å². The van der Waals surface area contributed by atoms with Crippen molar-refractivity contribution in [2.24, 2.45) is 0 Å². The number of aromatic nitrogens is 3. The van der Waals surface area contributed by atoms with Gasteiger partial charge in [0.15, 0.2) is 5.82 Å². The van der Waals surface area contributed by atoms with Crippen molar-refractivity contribution in [2.45, 2.75) is 25.3 Å². The van der Waals surface area contributed by atoms with Crippen molar-refractivity contribution in [2.75, 3.05) is 25.0 Å². The molecule has 5 nitrogen and oxygen atoms in total. The molecule has 1 N–H and O–H groups in total. The molecule has 1 saturated heterocycles. The minimum absolute atomic E-state index is 0.564. The van der Waals surface area contributed by atoms with Gasteiger partial charge in [0.25, 0.3) is 0 Å². The fraction of sp³-hybridized carbons (Fsp3) is 0.538. The Hall–Kier alpha value is -1.62. The zero-order valence-electron chi connectivity index (χ0n) is 10.7. The predicted octanol–water partition coefficient (Wildman–Crippen LogP) is 1.31. The van der Waals surface area contributed by atoms with Crippen LogP contribution in [0, 0.1) is 0 Å². The summed E-state index contributed by atoms with van der Waals surface area (Å²) in [7, 11) is 2.14. The van der Waals surface area contributed by atoms with Gasteiger partial charge < -0.3 is 10.2 Å². The molecule has 1 unspecified atom stereocenters. The lowest BCUT2D eigenvalue weighted by Gasteiger charge is -2.28. The van der Waals surface area contributed by atoms with Crippen LogP contribution in [0.15, 0.2) is 24.7 Å². The van der Waals surface area contributed by atoms with Gasteiger partial charge in [-0.15, -0.1) is 0 Å². The van der Waals surface area contributed by atoms with Crippen molar-refractivity contribution in [3.8, 4) is 0 Å². The second-order valence-electron chi connectivity index (χ2n) is 4.86. The first-order valence-electron chi connectivity index (χ1n) is 6.58. The third-order valence-corrected chi connectivity index (χ3v) is 3.73. The number of nitrogens with one attached hydrogen (secondary N) is 1. The standard InChI is InChI=1S/C13H19N5/c1-17(11-3-2-6-14-7-4-11)13-12-5-8-16-18(12)10-9-15-13/h5,8-11,14H,2-4,6-7H2,1H3. The third kappa shape index (κ3) is 2.06. The van der Waals surface area contributed by atoms with E-state index in [4.69, 9.17) is 0 Å². The van der Waals surface area contributed by atoms with E-state index >= 15 is 0 Å². The Balaban J connectivity index is 1.90. The molecule has 1 fully saturated rings. The topological polar surface area (TPSA) is 45.5 Å². The molecule has 0 aliphatic carbocycles. The van der Waals surface area contributed by atoms with Gasteiger partial charge in [-0.2, -0.15) is 5.10 Å². The lowest BCUT2D eigenvalue weighted by atomic mass is 10.1. The highest BCUT2D eigenvalue weighted by atomic mass is 15.3. The van der Waals surface area contributed by atoms with E-state index in [1.54, 1.807) is 0 Å². The van der Waals surface area contributed by atoms with Gasteiger partial charge in [0, 0.05) is 25.5 Å². The Kier molecular flexibility index (Phi) is 3.15. The van der Waals surface area contributed by atoms with Crippen molar-refractivity contribution in [3.63, 3.8) is 0 Å².